The van der Waals surface area contributed by atoms with E-state index in [0.29, 0.717) is 0 Å². The second-order valence-corrected chi connectivity index (χ2v) is 6.65. The molecule has 0 aliphatic carbocycles. The Morgan fingerprint density at radius 1 is 1.24 bits per heavy atom. The van der Waals surface area contributed by atoms with Crippen LogP contribution in [0.3, 0.4) is 0 Å². The maximum atomic E-state index is 6.18. The highest BCUT2D eigenvalue weighted by Crippen LogP contribution is 2.30. The monoisotopic (exact) mass is 289 g/mol. The molecule has 0 radical (unpaired) electrons. The van der Waals surface area contributed by atoms with Gasteiger partial charge in [0.1, 0.15) is 0 Å². The highest BCUT2D eigenvalue weighted by molar-refractivity contribution is 5.46. The minimum Gasteiger partial charge on any atom is -0.371 e. The van der Waals surface area contributed by atoms with Gasteiger partial charge in [0.2, 0.25) is 0 Å². The summed E-state index contributed by atoms with van der Waals surface area (Å²) in [5, 5.41) is 0. The van der Waals surface area contributed by atoms with Crippen LogP contribution < -0.4 is 10.6 Å². The number of anilines is 1. The third-order valence-corrected chi connectivity index (χ3v) is 5.29. The van der Waals surface area contributed by atoms with Crippen molar-refractivity contribution in [1.82, 2.24) is 4.90 Å². The van der Waals surface area contributed by atoms with Gasteiger partial charge in [-0.05, 0) is 37.9 Å². The van der Waals surface area contributed by atoms with Crippen LogP contribution in [0.25, 0.3) is 0 Å². The number of nitrogens with zero attached hydrogens (tertiary/aromatic N) is 2. The lowest BCUT2D eigenvalue weighted by Crippen LogP contribution is -2.59. The fourth-order valence-electron chi connectivity index (χ4n) is 3.35. The molecule has 0 spiro atoms. The summed E-state index contributed by atoms with van der Waals surface area (Å²) in [6, 6.07) is 10.7. The lowest BCUT2D eigenvalue weighted by molar-refractivity contribution is 0.0818. The second kappa shape index (κ2) is 7.28. The molecular formula is C18H31N3. The van der Waals surface area contributed by atoms with Crippen LogP contribution in [-0.4, -0.2) is 43.7 Å². The van der Waals surface area contributed by atoms with Crippen molar-refractivity contribution in [1.29, 1.82) is 0 Å². The number of nitrogens with two attached hydrogens (primary N) is 1. The first-order valence-electron chi connectivity index (χ1n) is 8.32. The Hall–Kier alpha value is -1.06. The van der Waals surface area contributed by atoms with Crippen LogP contribution in [0.1, 0.15) is 33.1 Å². The van der Waals surface area contributed by atoms with Crippen LogP contribution in [-0.2, 0) is 0 Å². The largest absolute Gasteiger partial charge is 0.371 e. The SMILES string of the molecule is CCC(C)CN(C)C1(CN)CCN(c2ccccc2)CC1. The summed E-state index contributed by atoms with van der Waals surface area (Å²) in [6.07, 6.45) is 3.55. The van der Waals surface area contributed by atoms with Crippen LogP contribution in [0, 0.1) is 5.92 Å². The van der Waals surface area contributed by atoms with E-state index in [-0.39, 0.29) is 5.54 Å². The third-order valence-electron chi connectivity index (χ3n) is 5.29. The molecule has 1 unspecified atom stereocenters. The van der Waals surface area contributed by atoms with Crippen molar-refractivity contribution in [3.05, 3.63) is 30.3 Å². The van der Waals surface area contributed by atoms with E-state index in [1.165, 1.54) is 12.1 Å². The van der Waals surface area contributed by atoms with Gasteiger partial charge in [0.15, 0.2) is 0 Å². The number of piperidine rings is 1. The van der Waals surface area contributed by atoms with Crippen LogP contribution in [0.4, 0.5) is 5.69 Å². The van der Waals surface area contributed by atoms with Crippen LogP contribution in [0.15, 0.2) is 30.3 Å². The summed E-state index contributed by atoms with van der Waals surface area (Å²) in [5.74, 6) is 0.741. The lowest BCUT2D eigenvalue weighted by atomic mass is 9.85. The lowest BCUT2D eigenvalue weighted by Gasteiger charge is -2.48. The number of benzene rings is 1. The van der Waals surface area contributed by atoms with Gasteiger partial charge < -0.3 is 10.6 Å². The number of likely N-dealkylation sites (N-methyl/N-ethyl adjacent to an activating group) is 1. The van der Waals surface area contributed by atoms with Gasteiger partial charge in [0.25, 0.3) is 0 Å². The first-order valence-corrected chi connectivity index (χ1v) is 8.32. The van der Waals surface area contributed by atoms with Crippen molar-refractivity contribution in [2.45, 2.75) is 38.6 Å². The zero-order valence-electron chi connectivity index (χ0n) is 13.9. The van der Waals surface area contributed by atoms with Crippen molar-refractivity contribution in [3.8, 4) is 0 Å². The molecule has 1 aliphatic heterocycles. The smallest absolute Gasteiger partial charge is 0.0366 e. The molecule has 2 N–H and O–H groups in total. The Morgan fingerprint density at radius 3 is 2.38 bits per heavy atom. The number of para-hydroxylation sites is 1. The van der Waals surface area contributed by atoms with E-state index < -0.39 is 0 Å². The molecule has 0 saturated carbocycles. The minimum atomic E-state index is 0.189. The van der Waals surface area contributed by atoms with Crippen molar-refractivity contribution >= 4 is 5.69 Å². The molecule has 3 nitrogen and oxygen atoms in total. The predicted octanol–water partition coefficient (Wildman–Crippen LogP) is 2.96. The topological polar surface area (TPSA) is 32.5 Å². The van der Waals surface area contributed by atoms with Gasteiger partial charge in [-0.25, -0.2) is 0 Å². The Morgan fingerprint density at radius 2 is 1.86 bits per heavy atom. The molecule has 1 fully saturated rings. The van der Waals surface area contributed by atoms with Gasteiger partial charge in [-0.3, -0.25) is 4.90 Å². The Bertz CT molecular complexity index is 410. The maximum absolute atomic E-state index is 6.18. The summed E-state index contributed by atoms with van der Waals surface area (Å²) >= 11 is 0. The molecule has 0 amide bonds. The van der Waals surface area contributed by atoms with E-state index in [1.54, 1.807) is 0 Å². The number of hydrogen-bond acceptors (Lipinski definition) is 3. The molecule has 118 valence electrons. The fraction of sp³-hybridized carbons (Fsp3) is 0.667. The van der Waals surface area contributed by atoms with Crippen molar-refractivity contribution in [3.63, 3.8) is 0 Å². The van der Waals surface area contributed by atoms with Crippen LogP contribution >= 0.6 is 0 Å². The average Bonchev–Trinajstić information content (AvgIpc) is 2.55. The molecule has 1 heterocycles. The van der Waals surface area contributed by atoms with Gasteiger partial charge >= 0.3 is 0 Å². The normalized spacial score (nSPS) is 19.8. The molecule has 1 aromatic carbocycles. The molecule has 2 rings (SSSR count). The third kappa shape index (κ3) is 3.78. The molecule has 1 atom stereocenters. The summed E-state index contributed by atoms with van der Waals surface area (Å²) in [4.78, 5) is 5.02. The Labute approximate surface area is 130 Å². The Kier molecular flexibility index (Phi) is 5.65. The zero-order chi connectivity index (χ0) is 15.3. The van der Waals surface area contributed by atoms with E-state index >= 15 is 0 Å². The summed E-state index contributed by atoms with van der Waals surface area (Å²) < 4.78 is 0. The van der Waals surface area contributed by atoms with Crippen molar-refractivity contribution in [2.24, 2.45) is 11.7 Å². The maximum Gasteiger partial charge on any atom is 0.0366 e. The van der Waals surface area contributed by atoms with Crippen molar-refractivity contribution < 1.29 is 0 Å². The van der Waals surface area contributed by atoms with E-state index in [0.717, 1.165) is 44.9 Å². The molecular weight excluding hydrogens is 258 g/mol. The van der Waals surface area contributed by atoms with Crippen molar-refractivity contribution in [2.75, 3.05) is 38.1 Å². The quantitative estimate of drug-likeness (QED) is 0.874. The summed E-state index contributed by atoms with van der Waals surface area (Å²) in [5.41, 5.74) is 7.71. The van der Waals surface area contributed by atoms with Crippen LogP contribution in [0.5, 0.6) is 0 Å². The molecule has 21 heavy (non-hydrogen) atoms. The van der Waals surface area contributed by atoms with E-state index in [1.807, 2.05) is 0 Å². The zero-order valence-corrected chi connectivity index (χ0v) is 13.9. The van der Waals surface area contributed by atoms with E-state index in [9.17, 15) is 0 Å². The fourth-order valence-corrected chi connectivity index (χ4v) is 3.35. The highest BCUT2D eigenvalue weighted by Gasteiger charge is 2.37. The molecule has 1 saturated heterocycles. The van der Waals surface area contributed by atoms with E-state index in [4.69, 9.17) is 5.73 Å². The first-order chi connectivity index (χ1) is 10.1. The van der Waals surface area contributed by atoms with E-state index in [2.05, 4.69) is 61.0 Å². The molecule has 0 bridgehead atoms. The average molecular weight is 289 g/mol. The van der Waals surface area contributed by atoms with Gasteiger partial charge in [-0.2, -0.15) is 0 Å². The van der Waals surface area contributed by atoms with Gasteiger partial charge in [-0.15, -0.1) is 0 Å². The minimum absolute atomic E-state index is 0.189. The van der Waals surface area contributed by atoms with Crippen LogP contribution in [0.2, 0.25) is 0 Å². The molecule has 1 aromatic rings. The summed E-state index contributed by atoms with van der Waals surface area (Å²) in [6.45, 7) is 8.73. The van der Waals surface area contributed by atoms with Gasteiger partial charge in [0, 0.05) is 37.4 Å². The summed E-state index contributed by atoms with van der Waals surface area (Å²) in [7, 11) is 2.26. The van der Waals surface area contributed by atoms with Gasteiger partial charge in [0.05, 0.1) is 0 Å². The second-order valence-electron chi connectivity index (χ2n) is 6.65. The molecule has 1 aliphatic rings. The molecule has 0 aromatic heterocycles. The Balaban J connectivity index is 1.99. The van der Waals surface area contributed by atoms with Gasteiger partial charge in [-0.1, -0.05) is 38.5 Å². The first kappa shape index (κ1) is 16.3. The number of hydrogen-bond donors (Lipinski definition) is 1. The predicted molar refractivity (Wildman–Crippen MR) is 91.8 cm³/mol. The standard InChI is InChI=1S/C18H31N3/c1-4-16(2)14-20(3)18(15-19)10-12-21(13-11-18)17-8-6-5-7-9-17/h5-9,16H,4,10-15,19H2,1-3H3. The number of rotatable bonds is 6. The molecule has 3 heteroatoms. The highest BCUT2D eigenvalue weighted by atomic mass is 15.2.